The van der Waals surface area contributed by atoms with Crippen molar-refractivity contribution in [3.8, 4) is 0 Å². The van der Waals surface area contributed by atoms with Crippen molar-refractivity contribution in [1.82, 2.24) is 0 Å². The number of carbonyl (C=O) groups excluding carboxylic acids is 1. The quantitative estimate of drug-likeness (QED) is 0.595. The van der Waals surface area contributed by atoms with Crippen LogP contribution in [0.2, 0.25) is 0 Å². The van der Waals surface area contributed by atoms with E-state index in [9.17, 15) is 4.79 Å². The van der Waals surface area contributed by atoms with Gasteiger partial charge >= 0.3 is 0 Å². The fraction of sp³-hybridized carbons (Fsp3) is 0.250. The van der Waals surface area contributed by atoms with Crippen molar-refractivity contribution < 1.29 is 4.79 Å². The Labute approximate surface area is 78.1 Å². The van der Waals surface area contributed by atoms with Gasteiger partial charge in [-0.05, 0) is 54.7 Å². The van der Waals surface area contributed by atoms with Crippen LogP contribution < -0.4 is 0 Å². The Morgan fingerprint density at radius 1 is 1.31 bits per heavy atom. The Hall–Kier alpha value is -1.37. The lowest BCUT2D eigenvalue weighted by Crippen LogP contribution is -1.92. The molecule has 0 fully saturated rings. The zero-order valence-electron chi connectivity index (χ0n) is 7.92. The predicted octanol–water partition coefficient (Wildman–Crippen LogP) is 2.77. The number of aryl methyl sites for hydroxylation is 1. The molecule has 0 heterocycles. The van der Waals surface area contributed by atoms with Gasteiger partial charge < -0.3 is 0 Å². The van der Waals surface area contributed by atoms with Gasteiger partial charge in [-0.1, -0.05) is 6.08 Å². The summed E-state index contributed by atoms with van der Waals surface area (Å²) in [4.78, 5) is 10.6. The molecule has 13 heavy (non-hydrogen) atoms. The lowest BCUT2D eigenvalue weighted by atomic mass is 9.98. The van der Waals surface area contributed by atoms with Gasteiger partial charge in [0, 0.05) is 5.56 Å². The van der Waals surface area contributed by atoms with E-state index in [1.54, 1.807) is 0 Å². The van der Waals surface area contributed by atoms with Gasteiger partial charge in [0.1, 0.15) is 6.29 Å². The molecular formula is C12H12O. The molecule has 0 aliphatic heterocycles. The van der Waals surface area contributed by atoms with Crippen LogP contribution in [0.4, 0.5) is 0 Å². The molecule has 0 N–H and O–H groups in total. The van der Waals surface area contributed by atoms with Crippen LogP contribution in [0.1, 0.15) is 34.0 Å². The van der Waals surface area contributed by atoms with Gasteiger partial charge in [0.15, 0.2) is 0 Å². The van der Waals surface area contributed by atoms with Gasteiger partial charge in [-0.2, -0.15) is 0 Å². The second-order valence-corrected chi connectivity index (χ2v) is 3.57. The molecular weight excluding hydrogens is 160 g/mol. The highest BCUT2D eigenvalue weighted by atomic mass is 16.1. The minimum absolute atomic E-state index is 0.783. The summed E-state index contributed by atoms with van der Waals surface area (Å²) in [6.07, 6.45) is 4.15. The van der Waals surface area contributed by atoms with Gasteiger partial charge in [-0.3, -0.25) is 4.79 Å². The molecule has 0 unspecified atom stereocenters. The van der Waals surface area contributed by atoms with E-state index in [4.69, 9.17) is 0 Å². The van der Waals surface area contributed by atoms with Gasteiger partial charge in [0.2, 0.25) is 0 Å². The van der Waals surface area contributed by atoms with Crippen molar-refractivity contribution in [2.24, 2.45) is 0 Å². The minimum atomic E-state index is 0.783. The van der Waals surface area contributed by atoms with Crippen molar-refractivity contribution in [1.29, 1.82) is 0 Å². The summed E-state index contributed by atoms with van der Waals surface area (Å²) in [5.41, 5.74) is 5.94. The van der Waals surface area contributed by atoms with Crippen LogP contribution >= 0.6 is 0 Å². The standard InChI is InChI=1S/C12H12O/c1-8-3-4-11-9(2)5-10(7-13)6-12(8)11/h3,5-7H,4H2,1-2H3. The van der Waals surface area contributed by atoms with Gasteiger partial charge in [0.25, 0.3) is 0 Å². The molecule has 1 aliphatic carbocycles. The first-order valence-corrected chi connectivity index (χ1v) is 4.48. The summed E-state index contributed by atoms with van der Waals surface area (Å²) in [5, 5.41) is 0. The highest BCUT2D eigenvalue weighted by Crippen LogP contribution is 2.29. The Bertz CT molecular complexity index is 400. The average Bonchev–Trinajstić information content (AvgIpc) is 2.48. The smallest absolute Gasteiger partial charge is 0.150 e. The van der Waals surface area contributed by atoms with Gasteiger partial charge in [-0.15, -0.1) is 0 Å². The SMILES string of the molecule is CC1=CCc2c(C)cc(C=O)cc21. The first kappa shape index (κ1) is 8.24. The monoisotopic (exact) mass is 172 g/mol. The number of carbonyl (C=O) groups is 1. The summed E-state index contributed by atoms with van der Waals surface area (Å²) in [6, 6.07) is 3.94. The molecule has 0 radical (unpaired) electrons. The predicted molar refractivity (Wildman–Crippen MR) is 53.9 cm³/mol. The maximum atomic E-state index is 10.6. The third-order valence-electron chi connectivity index (χ3n) is 2.67. The normalized spacial score (nSPS) is 13.8. The largest absolute Gasteiger partial charge is 0.298 e. The van der Waals surface area contributed by atoms with Crippen molar-refractivity contribution in [2.45, 2.75) is 20.3 Å². The maximum Gasteiger partial charge on any atom is 0.150 e. The van der Waals surface area contributed by atoms with E-state index in [1.165, 1.54) is 22.3 Å². The van der Waals surface area contributed by atoms with E-state index < -0.39 is 0 Å². The zero-order valence-corrected chi connectivity index (χ0v) is 7.92. The Morgan fingerprint density at radius 3 is 2.77 bits per heavy atom. The molecule has 0 spiro atoms. The molecule has 1 aromatic carbocycles. The molecule has 0 bridgehead atoms. The average molecular weight is 172 g/mol. The molecule has 1 heteroatoms. The number of benzene rings is 1. The van der Waals surface area contributed by atoms with E-state index in [0.717, 1.165) is 18.3 Å². The maximum absolute atomic E-state index is 10.6. The molecule has 0 saturated carbocycles. The fourth-order valence-electron chi connectivity index (χ4n) is 1.90. The summed E-state index contributed by atoms with van der Waals surface area (Å²) in [6.45, 7) is 4.16. The Balaban J connectivity index is 2.65. The van der Waals surface area contributed by atoms with Crippen LogP contribution in [-0.2, 0) is 6.42 Å². The first-order valence-electron chi connectivity index (χ1n) is 4.48. The van der Waals surface area contributed by atoms with Crippen molar-refractivity contribution >= 4 is 11.9 Å². The summed E-state index contributed by atoms with van der Waals surface area (Å²) in [7, 11) is 0. The highest BCUT2D eigenvalue weighted by molar-refractivity contribution is 5.81. The lowest BCUT2D eigenvalue weighted by molar-refractivity contribution is 0.112. The highest BCUT2D eigenvalue weighted by Gasteiger charge is 2.13. The molecule has 0 atom stereocenters. The third-order valence-corrected chi connectivity index (χ3v) is 2.67. The van der Waals surface area contributed by atoms with E-state index in [1.807, 2.05) is 12.1 Å². The molecule has 0 amide bonds. The number of rotatable bonds is 1. The molecule has 0 saturated heterocycles. The summed E-state index contributed by atoms with van der Waals surface area (Å²) in [5.74, 6) is 0. The molecule has 1 aliphatic rings. The van der Waals surface area contributed by atoms with E-state index >= 15 is 0 Å². The number of fused-ring (bicyclic) bond motifs is 1. The van der Waals surface area contributed by atoms with E-state index in [-0.39, 0.29) is 0 Å². The number of allylic oxidation sites excluding steroid dienone is 2. The van der Waals surface area contributed by atoms with Crippen LogP contribution in [0.15, 0.2) is 18.2 Å². The molecule has 1 nitrogen and oxygen atoms in total. The number of hydrogen-bond donors (Lipinski definition) is 0. The van der Waals surface area contributed by atoms with Crippen LogP contribution in [0.3, 0.4) is 0 Å². The fourth-order valence-corrected chi connectivity index (χ4v) is 1.90. The van der Waals surface area contributed by atoms with Crippen LogP contribution in [0.25, 0.3) is 5.57 Å². The second kappa shape index (κ2) is 2.84. The summed E-state index contributed by atoms with van der Waals surface area (Å²) < 4.78 is 0. The zero-order chi connectivity index (χ0) is 9.42. The van der Waals surface area contributed by atoms with Crippen LogP contribution in [-0.4, -0.2) is 6.29 Å². The van der Waals surface area contributed by atoms with Crippen molar-refractivity contribution in [2.75, 3.05) is 0 Å². The van der Waals surface area contributed by atoms with E-state index in [2.05, 4.69) is 19.9 Å². The topological polar surface area (TPSA) is 17.1 Å². The molecule has 66 valence electrons. The van der Waals surface area contributed by atoms with Gasteiger partial charge in [0.05, 0.1) is 0 Å². The second-order valence-electron chi connectivity index (χ2n) is 3.57. The van der Waals surface area contributed by atoms with E-state index in [0.29, 0.717) is 0 Å². The van der Waals surface area contributed by atoms with Gasteiger partial charge in [-0.25, -0.2) is 0 Å². The van der Waals surface area contributed by atoms with Crippen molar-refractivity contribution in [3.05, 3.63) is 40.5 Å². The minimum Gasteiger partial charge on any atom is -0.298 e. The van der Waals surface area contributed by atoms with Crippen LogP contribution in [0, 0.1) is 6.92 Å². The third kappa shape index (κ3) is 1.21. The lowest BCUT2D eigenvalue weighted by Gasteiger charge is -2.06. The first-order chi connectivity index (χ1) is 6.22. The molecule has 0 aromatic heterocycles. The Morgan fingerprint density at radius 2 is 2.08 bits per heavy atom. The Kier molecular flexibility index (Phi) is 1.80. The van der Waals surface area contributed by atoms with Crippen molar-refractivity contribution in [3.63, 3.8) is 0 Å². The number of aldehydes is 1. The number of hydrogen-bond acceptors (Lipinski definition) is 1. The summed E-state index contributed by atoms with van der Waals surface area (Å²) >= 11 is 0. The molecule has 1 aromatic rings. The molecule has 2 rings (SSSR count). The van der Waals surface area contributed by atoms with Crippen LogP contribution in [0.5, 0.6) is 0 Å².